The van der Waals surface area contributed by atoms with Crippen LogP contribution in [0.4, 0.5) is 0 Å². The highest BCUT2D eigenvalue weighted by atomic mass is 15.1. The molecule has 0 unspecified atom stereocenters. The van der Waals surface area contributed by atoms with E-state index in [1.165, 1.54) is 24.8 Å². The maximum absolute atomic E-state index is 5.82. The van der Waals surface area contributed by atoms with Gasteiger partial charge in [0.15, 0.2) is 5.96 Å². The van der Waals surface area contributed by atoms with Crippen LogP contribution in [0.1, 0.15) is 31.2 Å². The molecule has 0 atom stereocenters. The van der Waals surface area contributed by atoms with Crippen molar-refractivity contribution in [3.8, 4) is 0 Å². The van der Waals surface area contributed by atoms with E-state index in [4.69, 9.17) is 5.73 Å². The Balaban J connectivity index is 1.57. The third kappa shape index (κ3) is 4.40. The molecule has 1 aliphatic carbocycles. The van der Waals surface area contributed by atoms with Crippen LogP contribution >= 0.6 is 0 Å². The number of nitrogens with zero attached hydrogens (tertiary/aromatic N) is 1. The molecule has 3 nitrogen and oxygen atoms in total. The zero-order valence-corrected chi connectivity index (χ0v) is 10.9. The molecule has 1 saturated carbocycles. The molecular weight excluding hydrogens is 222 g/mol. The lowest BCUT2D eigenvalue weighted by molar-refractivity contribution is 0.326. The molecule has 0 bridgehead atoms. The van der Waals surface area contributed by atoms with Crippen molar-refractivity contribution in [3.63, 3.8) is 0 Å². The quantitative estimate of drug-likeness (QED) is 0.459. The van der Waals surface area contributed by atoms with Gasteiger partial charge < -0.3 is 11.1 Å². The summed E-state index contributed by atoms with van der Waals surface area (Å²) in [6, 6.07) is 10.5. The highest BCUT2D eigenvalue weighted by Gasteiger charge is 2.16. The zero-order chi connectivity index (χ0) is 12.6. The first kappa shape index (κ1) is 12.9. The molecule has 1 aromatic carbocycles. The Morgan fingerprint density at radius 1 is 1.28 bits per heavy atom. The molecule has 2 rings (SSSR count). The summed E-state index contributed by atoms with van der Waals surface area (Å²) in [5, 5.41) is 3.18. The Kier molecular flexibility index (Phi) is 5.06. The van der Waals surface area contributed by atoms with Crippen LogP contribution in [0.2, 0.25) is 0 Å². The minimum atomic E-state index is 0.606. The topological polar surface area (TPSA) is 50.4 Å². The van der Waals surface area contributed by atoms with Gasteiger partial charge in [0.25, 0.3) is 0 Å². The van der Waals surface area contributed by atoms with Crippen LogP contribution in [0.15, 0.2) is 35.3 Å². The molecule has 0 amide bonds. The van der Waals surface area contributed by atoms with Gasteiger partial charge in [-0.3, -0.25) is 4.99 Å². The molecule has 98 valence electrons. The van der Waals surface area contributed by atoms with Crippen molar-refractivity contribution in [2.24, 2.45) is 16.6 Å². The molecule has 0 radical (unpaired) electrons. The van der Waals surface area contributed by atoms with Crippen molar-refractivity contribution < 1.29 is 0 Å². The molecule has 18 heavy (non-hydrogen) atoms. The van der Waals surface area contributed by atoms with E-state index in [1.807, 2.05) is 6.07 Å². The van der Waals surface area contributed by atoms with Crippen molar-refractivity contribution in [1.82, 2.24) is 5.32 Å². The average Bonchev–Trinajstić information content (AvgIpc) is 2.34. The number of nitrogens with two attached hydrogens (primary N) is 1. The van der Waals surface area contributed by atoms with Crippen LogP contribution in [0.25, 0.3) is 0 Å². The van der Waals surface area contributed by atoms with Crippen LogP contribution in [-0.4, -0.2) is 19.0 Å². The van der Waals surface area contributed by atoms with Crippen molar-refractivity contribution in [2.45, 2.75) is 32.1 Å². The van der Waals surface area contributed by atoms with Gasteiger partial charge in [0.05, 0.1) is 0 Å². The summed E-state index contributed by atoms with van der Waals surface area (Å²) in [5.74, 6) is 1.39. The van der Waals surface area contributed by atoms with Gasteiger partial charge in [0.1, 0.15) is 0 Å². The van der Waals surface area contributed by atoms with Crippen LogP contribution < -0.4 is 11.1 Å². The Hall–Kier alpha value is -1.51. The predicted molar refractivity (Wildman–Crippen MR) is 76.6 cm³/mol. The van der Waals surface area contributed by atoms with Gasteiger partial charge in [0, 0.05) is 13.1 Å². The molecule has 0 aliphatic heterocycles. The van der Waals surface area contributed by atoms with Crippen LogP contribution in [0, 0.1) is 5.92 Å². The standard InChI is InChI=1S/C15H23N3/c16-15(18-12-14-8-4-9-14)17-11-5-10-13-6-2-1-3-7-13/h1-3,6-7,14H,4-5,8-12H2,(H3,16,17,18). The second-order valence-corrected chi connectivity index (χ2v) is 5.04. The summed E-state index contributed by atoms with van der Waals surface area (Å²) in [7, 11) is 0. The Morgan fingerprint density at radius 2 is 2.06 bits per heavy atom. The van der Waals surface area contributed by atoms with E-state index in [0.29, 0.717) is 5.96 Å². The van der Waals surface area contributed by atoms with Crippen molar-refractivity contribution in [3.05, 3.63) is 35.9 Å². The molecule has 1 aliphatic rings. The van der Waals surface area contributed by atoms with Crippen molar-refractivity contribution >= 4 is 5.96 Å². The van der Waals surface area contributed by atoms with Crippen LogP contribution in [0.5, 0.6) is 0 Å². The maximum Gasteiger partial charge on any atom is 0.188 e. The highest BCUT2D eigenvalue weighted by molar-refractivity contribution is 5.77. The van der Waals surface area contributed by atoms with Gasteiger partial charge in [-0.2, -0.15) is 0 Å². The van der Waals surface area contributed by atoms with Gasteiger partial charge in [-0.25, -0.2) is 0 Å². The first-order valence-electron chi connectivity index (χ1n) is 6.92. The minimum Gasteiger partial charge on any atom is -0.370 e. The summed E-state index contributed by atoms with van der Waals surface area (Å²) >= 11 is 0. The fraction of sp³-hybridized carbons (Fsp3) is 0.533. The fourth-order valence-electron chi connectivity index (χ4n) is 2.11. The molecule has 3 N–H and O–H groups in total. The molecule has 0 aromatic heterocycles. The minimum absolute atomic E-state index is 0.606. The van der Waals surface area contributed by atoms with Gasteiger partial charge in [-0.15, -0.1) is 0 Å². The Labute approximate surface area is 109 Å². The summed E-state index contributed by atoms with van der Waals surface area (Å²) in [4.78, 5) is 4.37. The lowest BCUT2D eigenvalue weighted by Crippen LogP contribution is -2.33. The van der Waals surface area contributed by atoms with E-state index in [-0.39, 0.29) is 0 Å². The molecule has 1 aromatic rings. The predicted octanol–water partition coefficient (Wildman–Crippen LogP) is 2.32. The summed E-state index contributed by atoms with van der Waals surface area (Å²) in [6.45, 7) is 1.80. The molecule has 0 spiro atoms. The summed E-state index contributed by atoms with van der Waals surface area (Å²) in [6.07, 6.45) is 6.19. The number of hydrogen-bond donors (Lipinski definition) is 2. The van der Waals surface area contributed by atoms with Gasteiger partial charge in [-0.05, 0) is 37.2 Å². The van der Waals surface area contributed by atoms with E-state index in [9.17, 15) is 0 Å². The van der Waals surface area contributed by atoms with Crippen molar-refractivity contribution in [1.29, 1.82) is 0 Å². The molecule has 0 heterocycles. The number of hydrogen-bond acceptors (Lipinski definition) is 1. The smallest absolute Gasteiger partial charge is 0.188 e. The first-order valence-corrected chi connectivity index (χ1v) is 6.92. The fourth-order valence-corrected chi connectivity index (χ4v) is 2.11. The third-order valence-corrected chi connectivity index (χ3v) is 3.54. The molecular formula is C15H23N3. The van der Waals surface area contributed by atoms with E-state index in [0.717, 1.165) is 31.8 Å². The highest BCUT2D eigenvalue weighted by Crippen LogP contribution is 2.26. The normalized spacial score (nSPS) is 16.3. The second-order valence-electron chi connectivity index (χ2n) is 5.04. The summed E-state index contributed by atoms with van der Waals surface area (Å²) in [5.41, 5.74) is 7.20. The SMILES string of the molecule is NC(=NCC1CCC1)NCCCc1ccccc1. The molecule has 1 fully saturated rings. The maximum atomic E-state index is 5.82. The number of rotatable bonds is 6. The van der Waals surface area contributed by atoms with E-state index in [2.05, 4.69) is 34.6 Å². The molecule has 3 heteroatoms. The summed E-state index contributed by atoms with van der Waals surface area (Å²) < 4.78 is 0. The first-order chi connectivity index (χ1) is 8.84. The van der Waals surface area contributed by atoms with E-state index in [1.54, 1.807) is 0 Å². The van der Waals surface area contributed by atoms with Crippen molar-refractivity contribution in [2.75, 3.05) is 13.1 Å². The number of guanidine groups is 1. The van der Waals surface area contributed by atoms with Crippen LogP contribution in [-0.2, 0) is 6.42 Å². The monoisotopic (exact) mass is 245 g/mol. The number of benzene rings is 1. The molecule has 0 saturated heterocycles. The lowest BCUT2D eigenvalue weighted by Gasteiger charge is -2.23. The van der Waals surface area contributed by atoms with Gasteiger partial charge in [0.2, 0.25) is 0 Å². The Morgan fingerprint density at radius 3 is 2.72 bits per heavy atom. The zero-order valence-electron chi connectivity index (χ0n) is 10.9. The second kappa shape index (κ2) is 7.04. The lowest BCUT2D eigenvalue weighted by atomic mass is 9.86. The van der Waals surface area contributed by atoms with Gasteiger partial charge >= 0.3 is 0 Å². The average molecular weight is 245 g/mol. The van der Waals surface area contributed by atoms with Crippen LogP contribution in [0.3, 0.4) is 0 Å². The van der Waals surface area contributed by atoms with Gasteiger partial charge in [-0.1, -0.05) is 36.8 Å². The Bertz CT molecular complexity index is 369. The van der Waals surface area contributed by atoms with E-state index >= 15 is 0 Å². The number of aliphatic imine (C=N–C) groups is 1. The largest absolute Gasteiger partial charge is 0.370 e. The number of aryl methyl sites for hydroxylation is 1. The third-order valence-electron chi connectivity index (χ3n) is 3.54. The number of nitrogens with one attached hydrogen (secondary N) is 1. The van der Waals surface area contributed by atoms with E-state index < -0.39 is 0 Å².